The van der Waals surface area contributed by atoms with Crippen LogP contribution in [0.3, 0.4) is 0 Å². The molecule has 62 valence electrons. The largest absolute Gasteiger partial charge is 0.382 e. The van der Waals surface area contributed by atoms with Crippen molar-refractivity contribution >= 4 is 32.7 Å². The lowest BCUT2D eigenvalue weighted by molar-refractivity contribution is 1.02. The lowest BCUT2D eigenvalue weighted by atomic mass is 10.3. The zero-order chi connectivity index (χ0) is 8.72. The molecule has 0 atom stereocenters. The van der Waals surface area contributed by atoms with E-state index < -0.39 is 0 Å². The summed E-state index contributed by atoms with van der Waals surface area (Å²) >= 11 is 3.25. The molecule has 0 bridgehead atoms. The Hall–Kier alpha value is -1.30. The highest BCUT2D eigenvalue weighted by atomic mass is 79.9. The van der Waals surface area contributed by atoms with E-state index >= 15 is 0 Å². The van der Waals surface area contributed by atoms with E-state index in [2.05, 4.69) is 31.1 Å². The van der Waals surface area contributed by atoms with E-state index in [-0.39, 0.29) is 5.56 Å². The molecule has 0 aliphatic heterocycles. The Balaban J connectivity index is 3.09. The van der Waals surface area contributed by atoms with E-state index in [9.17, 15) is 4.79 Å². The monoisotopic (exact) mass is 228 g/mol. The summed E-state index contributed by atoms with van der Waals surface area (Å²) in [6.45, 7) is 0. The number of nitrogens with two attached hydrogens (primary N) is 1. The predicted molar refractivity (Wildman–Crippen MR) is 48.8 cm³/mol. The van der Waals surface area contributed by atoms with Gasteiger partial charge in [-0.25, -0.2) is 5.10 Å². The van der Waals surface area contributed by atoms with Gasteiger partial charge in [-0.3, -0.25) is 4.79 Å². The fourth-order valence-electron chi connectivity index (χ4n) is 1.05. The minimum absolute atomic E-state index is 0.273. The number of rotatable bonds is 0. The zero-order valence-electron chi connectivity index (χ0n) is 5.89. The molecule has 2 rings (SSSR count). The van der Waals surface area contributed by atoms with Gasteiger partial charge in [0.15, 0.2) is 5.82 Å². The molecule has 0 amide bonds. The van der Waals surface area contributed by atoms with E-state index in [1.165, 1.54) is 0 Å². The van der Waals surface area contributed by atoms with Crippen LogP contribution in [0.1, 0.15) is 0 Å². The minimum Gasteiger partial charge on any atom is -0.382 e. The molecular weight excluding hydrogens is 224 g/mol. The molecule has 0 aliphatic carbocycles. The molecule has 0 spiro atoms. The molecule has 12 heavy (non-hydrogen) atoms. The van der Waals surface area contributed by atoms with Crippen molar-refractivity contribution in [3.05, 3.63) is 21.0 Å². The van der Waals surface area contributed by atoms with Crippen molar-refractivity contribution in [2.24, 2.45) is 0 Å². The maximum absolute atomic E-state index is 11.1. The summed E-state index contributed by atoms with van der Waals surface area (Å²) in [7, 11) is 0. The van der Waals surface area contributed by atoms with Gasteiger partial charge < -0.3 is 10.7 Å². The minimum atomic E-state index is -0.273. The van der Waals surface area contributed by atoms with Crippen molar-refractivity contribution in [2.45, 2.75) is 0 Å². The van der Waals surface area contributed by atoms with Crippen molar-refractivity contribution < 1.29 is 0 Å². The molecule has 2 heterocycles. The molecule has 0 radical (unpaired) electrons. The molecule has 0 fully saturated rings. The smallest absolute Gasteiger partial charge is 0.288 e. The maximum atomic E-state index is 11.1. The molecular formula is C6H5BrN4O. The number of H-pyrrole nitrogens is 2. The van der Waals surface area contributed by atoms with E-state index in [1.54, 1.807) is 6.20 Å². The summed E-state index contributed by atoms with van der Waals surface area (Å²) in [5, 5.41) is 6.53. The number of aromatic nitrogens is 3. The molecule has 0 saturated carbocycles. The van der Waals surface area contributed by atoms with E-state index in [4.69, 9.17) is 5.73 Å². The van der Waals surface area contributed by atoms with Crippen molar-refractivity contribution in [1.82, 2.24) is 15.2 Å². The zero-order valence-corrected chi connectivity index (χ0v) is 7.47. The molecule has 0 aliphatic rings. The quantitative estimate of drug-likeness (QED) is 0.617. The summed E-state index contributed by atoms with van der Waals surface area (Å²) in [4.78, 5) is 13.9. The van der Waals surface area contributed by atoms with Crippen molar-refractivity contribution in [3.63, 3.8) is 0 Å². The van der Waals surface area contributed by atoms with Crippen LogP contribution in [0.25, 0.3) is 10.9 Å². The van der Waals surface area contributed by atoms with Crippen molar-refractivity contribution in [1.29, 1.82) is 0 Å². The predicted octanol–water partition coefficient (Wildman–Crippen LogP) is 0.596. The van der Waals surface area contributed by atoms with Crippen LogP contribution in [0.5, 0.6) is 0 Å². The summed E-state index contributed by atoms with van der Waals surface area (Å²) in [6.07, 6.45) is 1.65. The van der Waals surface area contributed by atoms with Gasteiger partial charge in [0, 0.05) is 10.7 Å². The van der Waals surface area contributed by atoms with Crippen LogP contribution in [0.15, 0.2) is 15.5 Å². The molecule has 2 aromatic heterocycles. The van der Waals surface area contributed by atoms with E-state index in [0.29, 0.717) is 16.7 Å². The first-order valence-corrected chi connectivity index (χ1v) is 4.00. The normalized spacial score (nSPS) is 10.8. The van der Waals surface area contributed by atoms with Crippen LogP contribution in [-0.4, -0.2) is 15.2 Å². The molecule has 5 nitrogen and oxygen atoms in total. The van der Waals surface area contributed by atoms with Gasteiger partial charge in [0.1, 0.15) is 5.52 Å². The van der Waals surface area contributed by atoms with Crippen molar-refractivity contribution in [3.8, 4) is 0 Å². The molecule has 0 unspecified atom stereocenters. The van der Waals surface area contributed by atoms with Gasteiger partial charge in [0.2, 0.25) is 0 Å². The Morgan fingerprint density at radius 3 is 3.00 bits per heavy atom. The van der Waals surface area contributed by atoms with E-state index in [1.807, 2.05) is 0 Å². The first-order valence-electron chi connectivity index (χ1n) is 3.21. The van der Waals surface area contributed by atoms with Crippen LogP contribution in [-0.2, 0) is 0 Å². The van der Waals surface area contributed by atoms with Crippen LogP contribution in [0.4, 0.5) is 5.82 Å². The van der Waals surface area contributed by atoms with Gasteiger partial charge in [-0.05, 0) is 15.9 Å². The number of nitrogen functional groups attached to an aromatic ring is 1. The summed E-state index contributed by atoms with van der Waals surface area (Å²) in [6, 6.07) is 0. The third-order valence-corrected chi connectivity index (χ3v) is 2.22. The lowest BCUT2D eigenvalue weighted by Gasteiger charge is -1.93. The number of halogens is 1. The summed E-state index contributed by atoms with van der Waals surface area (Å²) in [5.74, 6) is 0.303. The number of hydrogen-bond acceptors (Lipinski definition) is 3. The second-order valence-corrected chi connectivity index (χ2v) is 3.18. The number of fused-ring (bicyclic) bond motifs is 1. The second-order valence-electron chi connectivity index (χ2n) is 2.32. The fraction of sp³-hybridized carbons (Fsp3) is 0. The average molecular weight is 229 g/mol. The lowest BCUT2D eigenvalue weighted by Crippen LogP contribution is -2.10. The van der Waals surface area contributed by atoms with Gasteiger partial charge in [-0.1, -0.05) is 0 Å². The van der Waals surface area contributed by atoms with Gasteiger partial charge in [-0.2, -0.15) is 5.10 Å². The maximum Gasteiger partial charge on any atom is 0.288 e. The number of nitrogens with one attached hydrogen (secondary N) is 2. The highest BCUT2D eigenvalue weighted by molar-refractivity contribution is 9.10. The fourth-order valence-corrected chi connectivity index (χ4v) is 1.57. The third kappa shape index (κ3) is 0.845. The van der Waals surface area contributed by atoms with Crippen LogP contribution in [0.2, 0.25) is 0 Å². The Morgan fingerprint density at radius 1 is 1.58 bits per heavy atom. The van der Waals surface area contributed by atoms with Crippen LogP contribution in [0, 0.1) is 0 Å². The number of aromatic amines is 2. The highest BCUT2D eigenvalue weighted by Gasteiger charge is 2.08. The van der Waals surface area contributed by atoms with Crippen LogP contribution >= 0.6 is 15.9 Å². The average Bonchev–Trinajstić information content (AvgIpc) is 2.42. The Labute approximate surface area is 75.1 Å². The number of nitrogens with zero attached hydrogens (tertiary/aromatic N) is 1. The number of anilines is 1. The SMILES string of the molecule is Nc1n[nH]c(=O)c2[nH]cc(Br)c12. The van der Waals surface area contributed by atoms with Crippen molar-refractivity contribution in [2.75, 3.05) is 5.73 Å². The summed E-state index contributed by atoms with van der Waals surface area (Å²) in [5.41, 5.74) is 5.71. The van der Waals surface area contributed by atoms with Gasteiger partial charge in [0.05, 0.1) is 5.39 Å². The topological polar surface area (TPSA) is 87.6 Å². The van der Waals surface area contributed by atoms with Gasteiger partial charge in [-0.15, -0.1) is 0 Å². The highest BCUT2D eigenvalue weighted by Crippen LogP contribution is 2.23. The van der Waals surface area contributed by atoms with E-state index in [0.717, 1.165) is 4.47 Å². The molecule has 4 N–H and O–H groups in total. The summed E-state index contributed by atoms with van der Waals surface area (Å²) < 4.78 is 0.744. The van der Waals surface area contributed by atoms with Gasteiger partial charge >= 0.3 is 0 Å². The number of hydrogen-bond donors (Lipinski definition) is 3. The second kappa shape index (κ2) is 2.34. The Bertz CT molecular complexity index is 486. The first kappa shape index (κ1) is 7.35. The van der Waals surface area contributed by atoms with Crippen LogP contribution < -0.4 is 11.3 Å². The molecule has 2 aromatic rings. The first-order chi connectivity index (χ1) is 5.70. The Kier molecular flexibility index (Phi) is 1.44. The molecule has 6 heteroatoms. The third-order valence-electron chi connectivity index (χ3n) is 1.59. The molecule has 0 saturated heterocycles. The Morgan fingerprint density at radius 2 is 2.33 bits per heavy atom. The van der Waals surface area contributed by atoms with Gasteiger partial charge in [0.25, 0.3) is 5.56 Å². The standard InChI is InChI=1S/C6H5BrN4O/c7-2-1-9-4-3(2)5(8)10-11-6(4)12/h1,9H,(H2,8,10)(H,11,12). The molecule has 0 aromatic carbocycles.